The van der Waals surface area contributed by atoms with Gasteiger partial charge in [0.15, 0.2) is 6.04 Å². The highest BCUT2D eigenvalue weighted by Gasteiger charge is 2.32. The lowest BCUT2D eigenvalue weighted by molar-refractivity contribution is -0.147. The SMILES string of the molecule is C[C@@H](OC(C)(C)C)[C@H](NC(=O)c1ccc2cc(F)ccc2c1OCc1ccc(C(F)(F)F)cc1)C(=O)O. The first kappa shape index (κ1) is 27.9. The zero-order valence-corrected chi connectivity index (χ0v) is 20.7. The second kappa shape index (κ2) is 10.8. The van der Waals surface area contributed by atoms with Crippen molar-refractivity contribution in [2.45, 2.75) is 58.2 Å². The molecule has 3 rings (SSSR count). The van der Waals surface area contributed by atoms with E-state index in [2.05, 4.69) is 5.32 Å². The summed E-state index contributed by atoms with van der Waals surface area (Å²) >= 11 is 0. The lowest BCUT2D eigenvalue weighted by Gasteiger charge is -2.29. The van der Waals surface area contributed by atoms with Crippen molar-refractivity contribution in [3.05, 3.63) is 77.1 Å². The van der Waals surface area contributed by atoms with Gasteiger partial charge in [-0.2, -0.15) is 13.2 Å². The molecule has 2 atom stereocenters. The molecule has 0 aliphatic carbocycles. The number of benzene rings is 3. The molecule has 0 aromatic heterocycles. The van der Waals surface area contributed by atoms with Gasteiger partial charge in [0.1, 0.15) is 18.2 Å². The maximum atomic E-state index is 13.8. The van der Waals surface area contributed by atoms with Crippen LogP contribution in [0, 0.1) is 5.82 Å². The lowest BCUT2D eigenvalue weighted by Crippen LogP contribution is -2.50. The molecule has 2 N–H and O–H groups in total. The van der Waals surface area contributed by atoms with Gasteiger partial charge in [0.2, 0.25) is 0 Å². The molecule has 0 saturated carbocycles. The van der Waals surface area contributed by atoms with Crippen LogP contribution in [0.1, 0.15) is 49.2 Å². The molecule has 0 heterocycles. The van der Waals surface area contributed by atoms with Gasteiger partial charge in [-0.3, -0.25) is 4.79 Å². The average Bonchev–Trinajstić information content (AvgIpc) is 2.78. The number of alkyl halides is 3. The zero-order chi connectivity index (χ0) is 27.5. The molecule has 0 radical (unpaired) electrons. The second-order valence-corrected chi connectivity index (χ2v) is 9.52. The highest BCUT2D eigenvalue weighted by molar-refractivity contribution is 6.05. The van der Waals surface area contributed by atoms with Gasteiger partial charge in [-0.1, -0.05) is 18.2 Å². The molecule has 0 unspecified atom stereocenters. The Balaban J connectivity index is 1.94. The summed E-state index contributed by atoms with van der Waals surface area (Å²) < 4.78 is 64.0. The Labute approximate surface area is 211 Å². The Morgan fingerprint density at radius 1 is 1.00 bits per heavy atom. The molecule has 3 aromatic carbocycles. The Kier molecular flexibility index (Phi) is 8.12. The smallest absolute Gasteiger partial charge is 0.416 e. The summed E-state index contributed by atoms with van der Waals surface area (Å²) in [5.41, 5.74) is -1.11. The van der Waals surface area contributed by atoms with E-state index in [1.165, 1.54) is 49.4 Å². The third-order valence-corrected chi connectivity index (χ3v) is 5.40. The van der Waals surface area contributed by atoms with Crippen LogP contribution in [0.4, 0.5) is 17.6 Å². The summed E-state index contributed by atoms with van der Waals surface area (Å²) in [6.07, 6.45) is -5.37. The van der Waals surface area contributed by atoms with Crippen molar-refractivity contribution in [3.8, 4) is 5.75 Å². The van der Waals surface area contributed by atoms with E-state index in [-0.39, 0.29) is 17.9 Å². The van der Waals surface area contributed by atoms with Gasteiger partial charge in [-0.15, -0.1) is 0 Å². The second-order valence-electron chi connectivity index (χ2n) is 9.52. The topological polar surface area (TPSA) is 84.9 Å². The minimum absolute atomic E-state index is 0.0276. The van der Waals surface area contributed by atoms with Crippen molar-refractivity contribution in [1.82, 2.24) is 5.32 Å². The van der Waals surface area contributed by atoms with E-state index in [0.717, 1.165) is 12.1 Å². The molecular formula is C27H27F4NO5. The molecule has 0 saturated heterocycles. The van der Waals surface area contributed by atoms with Crippen molar-refractivity contribution in [1.29, 1.82) is 0 Å². The van der Waals surface area contributed by atoms with E-state index in [9.17, 15) is 32.3 Å². The number of hydrogen-bond acceptors (Lipinski definition) is 4. The maximum Gasteiger partial charge on any atom is 0.416 e. The minimum atomic E-state index is -4.49. The van der Waals surface area contributed by atoms with Crippen LogP contribution >= 0.6 is 0 Å². The van der Waals surface area contributed by atoms with E-state index in [0.29, 0.717) is 16.3 Å². The fourth-order valence-corrected chi connectivity index (χ4v) is 3.78. The Morgan fingerprint density at radius 3 is 2.22 bits per heavy atom. The highest BCUT2D eigenvalue weighted by atomic mass is 19.4. The number of rotatable bonds is 8. The predicted octanol–water partition coefficient (Wildman–Crippen LogP) is 5.96. The number of ether oxygens (including phenoxy) is 2. The molecule has 3 aromatic rings. The average molecular weight is 522 g/mol. The molecule has 10 heteroatoms. The van der Waals surface area contributed by atoms with Crippen molar-refractivity contribution in [2.24, 2.45) is 0 Å². The lowest BCUT2D eigenvalue weighted by atomic mass is 10.0. The van der Waals surface area contributed by atoms with Crippen LogP contribution in [-0.2, 0) is 22.3 Å². The molecule has 0 fully saturated rings. The van der Waals surface area contributed by atoms with Crippen LogP contribution in [0.25, 0.3) is 10.8 Å². The number of carboxylic acid groups (broad SMARTS) is 1. The molecule has 0 bridgehead atoms. The van der Waals surface area contributed by atoms with E-state index >= 15 is 0 Å². The molecule has 0 aliphatic rings. The van der Waals surface area contributed by atoms with Crippen LogP contribution in [0.5, 0.6) is 5.75 Å². The predicted molar refractivity (Wildman–Crippen MR) is 129 cm³/mol. The number of carbonyl (C=O) groups is 2. The van der Waals surface area contributed by atoms with Gasteiger partial charge >= 0.3 is 12.1 Å². The van der Waals surface area contributed by atoms with Crippen molar-refractivity contribution >= 4 is 22.6 Å². The number of aliphatic carboxylic acids is 1. The van der Waals surface area contributed by atoms with Gasteiger partial charge < -0.3 is 19.9 Å². The fraction of sp³-hybridized carbons (Fsp3) is 0.333. The number of nitrogens with one attached hydrogen (secondary N) is 1. The van der Waals surface area contributed by atoms with Gasteiger partial charge in [0, 0.05) is 5.39 Å². The Morgan fingerprint density at radius 2 is 1.65 bits per heavy atom. The number of carboxylic acids is 1. The number of amides is 1. The fourth-order valence-electron chi connectivity index (χ4n) is 3.78. The first-order valence-corrected chi connectivity index (χ1v) is 11.4. The summed E-state index contributed by atoms with van der Waals surface area (Å²) in [5.74, 6) is -2.56. The summed E-state index contributed by atoms with van der Waals surface area (Å²) in [7, 11) is 0. The number of fused-ring (bicyclic) bond motifs is 1. The Hall–Kier alpha value is -3.66. The van der Waals surface area contributed by atoms with Crippen LogP contribution in [0.15, 0.2) is 54.6 Å². The zero-order valence-electron chi connectivity index (χ0n) is 20.7. The quantitative estimate of drug-likeness (QED) is 0.357. The van der Waals surface area contributed by atoms with Crippen molar-refractivity contribution in [3.63, 3.8) is 0 Å². The monoisotopic (exact) mass is 521 g/mol. The van der Waals surface area contributed by atoms with Crippen LogP contribution in [0.2, 0.25) is 0 Å². The normalized spacial score (nSPS) is 13.7. The molecule has 0 aliphatic heterocycles. The van der Waals surface area contributed by atoms with E-state index in [1.807, 2.05) is 0 Å². The van der Waals surface area contributed by atoms with Crippen molar-refractivity contribution in [2.75, 3.05) is 0 Å². The molecule has 1 amide bonds. The first-order valence-electron chi connectivity index (χ1n) is 11.4. The number of halogens is 4. The van der Waals surface area contributed by atoms with E-state index in [1.54, 1.807) is 20.8 Å². The molecule has 0 spiro atoms. The summed E-state index contributed by atoms with van der Waals surface area (Å²) in [5, 5.41) is 12.9. The standard InChI is InChI=1S/C27H27F4NO5/c1-15(37-26(2,3)4)22(25(34)35)32-24(33)21-11-7-17-13-19(28)10-12-20(17)23(21)36-14-16-5-8-18(9-6-16)27(29,30)31/h5-13,15,22H,14H2,1-4H3,(H,32,33)(H,34,35)/t15-,22+/m1/s1. The largest absolute Gasteiger partial charge is 0.487 e. The van der Waals surface area contributed by atoms with Crippen LogP contribution in [-0.4, -0.2) is 34.7 Å². The minimum Gasteiger partial charge on any atom is -0.487 e. The van der Waals surface area contributed by atoms with E-state index < -0.39 is 47.2 Å². The Bertz CT molecular complexity index is 1280. The summed E-state index contributed by atoms with van der Waals surface area (Å²) in [4.78, 5) is 25.1. The third-order valence-electron chi connectivity index (χ3n) is 5.40. The summed E-state index contributed by atoms with van der Waals surface area (Å²) in [6.45, 7) is 6.58. The van der Waals surface area contributed by atoms with Gasteiger partial charge in [-0.25, -0.2) is 9.18 Å². The van der Waals surface area contributed by atoms with Crippen LogP contribution in [0.3, 0.4) is 0 Å². The highest BCUT2D eigenvalue weighted by Crippen LogP contribution is 2.33. The molecule has 37 heavy (non-hydrogen) atoms. The van der Waals surface area contributed by atoms with E-state index in [4.69, 9.17) is 9.47 Å². The third kappa shape index (κ3) is 7.19. The molecule has 6 nitrogen and oxygen atoms in total. The van der Waals surface area contributed by atoms with Gasteiger partial charge in [0.05, 0.1) is 22.8 Å². The molecular weight excluding hydrogens is 494 g/mol. The molecule has 198 valence electrons. The van der Waals surface area contributed by atoms with Gasteiger partial charge in [-0.05, 0) is 75.0 Å². The summed E-state index contributed by atoms with van der Waals surface area (Å²) in [6, 6.07) is 9.62. The maximum absolute atomic E-state index is 13.8. The first-order chi connectivity index (χ1) is 17.2. The van der Waals surface area contributed by atoms with Crippen LogP contribution < -0.4 is 10.1 Å². The number of hydrogen-bond donors (Lipinski definition) is 2. The van der Waals surface area contributed by atoms with Crippen molar-refractivity contribution < 1.29 is 41.7 Å². The van der Waals surface area contributed by atoms with Gasteiger partial charge in [0.25, 0.3) is 5.91 Å². The number of carbonyl (C=O) groups excluding carboxylic acids is 1.